The molecule has 160 valence electrons. The molecule has 1 fully saturated rings. The summed E-state index contributed by atoms with van der Waals surface area (Å²) in [5, 5.41) is 12.0. The molecular formula is C21H21N5O3S2. The molecule has 1 aliphatic rings. The second kappa shape index (κ2) is 9.32. The molecule has 4 heterocycles. The third-order valence-electron chi connectivity index (χ3n) is 5.03. The van der Waals surface area contributed by atoms with Crippen molar-refractivity contribution in [1.29, 1.82) is 0 Å². The SMILES string of the molecule is C#CCOC(=O)N1CCC(c2nc(C(=O)Nc3cc(-c4cccs4)nn3C)cs2)CC1. The second-order valence-electron chi connectivity index (χ2n) is 7.06. The summed E-state index contributed by atoms with van der Waals surface area (Å²) < 4.78 is 6.63. The minimum Gasteiger partial charge on any atom is -0.436 e. The van der Waals surface area contributed by atoms with Crippen LogP contribution >= 0.6 is 22.7 Å². The Kier molecular flexibility index (Phi) is 6.34. The number of nitrogens with one attached hydrogen (secondary N) is 1. The zero-order valence-electron chi connectivity index (χ0n) is 16.9. The maximum atomic E-state index is 12.7. The van der Waals surface area contributed by atoms with Gasteiger partial charge in [0.15, 0.2) is 6.61 Å². The fraction of sp³-hybridized carbons (Fsp3) is 0.333. The quantitative estimate of drug-likeness (QED) is 0.591. The number of amides is 2. The van der Waals surface area contributed by atoms with Gasteiger partial charge in [-0.1, -0.05) is 12.0 Å². The van der Waals surface area contributed by atoms with Gasteiger partial charge in [0.2, 0.25) is 0 Å². The van der Waals surface area contributed by atoms with Gasteiger partial charge in [0.05, 0.1) is 9.88 Å². The molecule has 0 bridgehead atoms. The van der Waals surface area contributed by atoms with Gasteiger partial charge in [-0.2, -0.15) is 5.10 Å². The Morgan fingerprint density at radius 1 is 1.35 bits per heavy atom. The monoisotopic (exact) mass is 455 g/mol. The zero-order valence-corrected chi connectivity index (χ0v) is 18.5. The number of aromatic nitrogens is 3. The van der Waals surface area contributed by atoms with Gasteiger partial charge in [-0.3, -0.25) is 9.48 Å². The van der Waals surface area contributed by atoms with Crippen LogP contribution in [0.15, 0.2) is 29.0 Å². The number of nitrogens with zero attached hydrogens (tertiary/aromatic N) is 4. The number of ether oxygens (including phenoxy) is 1. The van der Waals surface area contributed by atoms with Gasteiger partial charge in [0.25, 0.3) is 5.91 Å². The first kappa shape index (κ1) is 21.1. The van der Waals surface area contributed by atoms with E-state index in [-0.39, 0.29) is 24.5 Å². The average Bonchev–Trinajstić information content (AvgIpc) is 3.54. The minimum atomic E-state index is -0.381. The molecule has 0 atom stereocenters. The van der Waals surface area contributed by atoms with E-state index in [4.69, 9.17) is 11.2 Å². The molecule has 3 aromatic rings. The first-order valence-corrected chi connectivity index (χ1v) is 11.5. The van der Waals surface area contributed by atoms with E-state index in [1.807, 2.05) is 23.6 Å². The van der Waals surface area contributed by atoms with Crippen LogP contribution in [0.25, 0.3) is 10.6 Å². The van der Waals surface area contributed by atoms with E-state index in [0.717, 1.165) is 28.4 Å². The molecule has 2 amide bonds. The summed E-state index contributed by atoms with van der Waals surface area (Å²) in [6.07, 6.45) is 6.28. The number of thiophene rings is 1. The number of piperidine rings is 1. The van der Waals surface area contributed by atoms with E-state index in [2.05, 4.69) is 21.3 Å². The van der Waals surface area contributed by atoms with Gasteiger partial charge < -0.3 is 15.0 Å². The van der Waals surface area contributed by atoms with Crippen LogP contribution in [0, 0.1) is 12.3 Å². The minimum absolute atomic E-state index is 0.0187. The highest BCUT2D eigenvalue weighted by molar-refractivity contribution is 7.13. The fourth-order valence-corrected chi connectivity index (χ4v) is 5.05. The Bertz CT molecular complexity index is 1100. The van der Waals surface area contributed by atoms with Crippen LogP contribution in [0.4, 0.5) is 10.6 Å². The van der Waals surface area contributed by atoms with Crippen molar-refractivity contribution in [3.8, 4) is 22.9 Å². The molecule has 1 N–H and O–H groups in total. The lowest BCUT2D eigenvalue weighted by Crippen LogP contribution is -2.38. The van der Waals surface area contributed by atoms with E-state index in [1.165, 1.54) is 11.3 Å². The highest BCUT2D eigenvalue weighted by Gasteiger charge is 2.27. The van der Waals surface area contributed by atoms with Crippen molar-refractivity contribution in [2.45, 2.75) is 18.8 Å². The van der Waals surface area contributed by atoms with Gasteiger partial charge in [-0.25, -0.2) is 9.78 Å². The van der Waals surface area contributed by atoms with Crippen LogP contribution in [0.1, 0.15) is 34.3 Å². The van der Waals surface area contributed by atoms with Crippen LogP contribution in [-0.2, 0) is 11.8 Å². The van der Waals surface area contributed by atoms with Gasteiger partial charge in [0, 0.05) is 37.5 Å². The molecule has 0 spiro atoms. The van der Waals surface area contributed by atoms with Crippen molar-refractivity contribution in [1.82, 2.24) is 19.7 Å². The lowest BCUT2D eigenvalue weighted by molar-refractivity contribution is 0.102. The number of terminal acetylenes is 1. The third-order valence-corrected chi connectivity index (χ3v) is 6.93. The van der Waals surface area contributed by atoms with Gasteiger partial charge in [-0.05, 0) is 24.3 Å². The lowest BCUT2D eigenvalue weighted by atomic mass is 9.98. The molecule has 10 heteroatoms. The number of aryl methyl sites for hydroxylation is 1. The van der Waals surface area contributed by atoms with Crippen LogP contribution in [-0.4, -0.2) is 51.4 Å². The number of likely N-dealkylation sites (tertiary alicyclic amines) is 1. The van der Waals surface area contributed by atoms with Gasteiger partial charge in [0.1, 0.15) is 17.2 Å². The Morgan fingerprint density at radius 2 is 2.16 bits per heavy atom. The van der Waals surface area contributed by atoms with Gasteiger partial charge >= 0.3 is 6.09 Å². The maximum Gasteiger partial charge on any atom is 0.410 e. The highest BCUT2D eigenvalue weighted by Crippen LogP contribution is 2.31. The first-order chi connectivity index (χ1) is 15.0. The molecular weight excluding hydrogens is 434 g/mol. The number of rotatable bonds is 5. The Hall–Kier alpha value is -3.16. The number of anilines is 1. The molecule has 0 radical (unpaired) electrons. The summed E-state index contributed by atoms with van der Waals surface area (Å²) in [4.78, 5) is 31.9. The molecule has 3 aromatic heterocycles. The van der Waals surface area contributed by atoms with E-state index in [1.54, 1.807) is 33.3 Å². The maximum absolute atomic E-state index is 12.7. The summed E-state index contributed by atoms with van der Waals surface area (Å²) in [7, 11) is 1.79. The topological polar surface area (TPSA) is 89.3 Å². The molecule has 4 rings (SSSR count). The van der Waals surface area contributed by atoms with E-state index in [0.29, 0.717) is 24.6 Å². The predicted octanol–water partition coefficient (Wildman–Crippen LogP) is 3.81. The predicted molar refractivity (Wildman–Crippen MR) is 120 cm³/mol. The second-order valence-corrected chi connectivity index (χ2v) is 8.90. The van der Waals surface area contributed by atoms with E-state index >= 15 is 0 Å². The smallest absolute Gasteiger partial charge is 0.410 e. The van der Waals surface area contributed by atoms with Crippen LogP contribution < -0.4 is 5.32 Å². The van der Waals surface area contributed by atoms with Crippen LogP contribution in [0.2, 0.25) is 0 Å². The van der Waals surface area contributed by atoms with Crippen molar-refractivity contribution < 1.29 is 14.3 Å². The van der Waals surface area contributed by atoms with Gasteiger partial charge in [-0.15, -0.1) is 29.1 Å². The number of carbonyl (C=O) groups excluding carboxylic acids is 2. The standard InChI is InChI=1S/C21H21N5O3S2/c1-3-10-29-21(28)26-8-6-14(7-9-26)20-22-16(13-31-20)19(27)23-18-12-15(24-25(18)2)17-5-4-11-30-17/h1,4-5,11-14H,6-10H2,2H3,(H,23,27). The van der Waals surface area contributed by atoms with Crippen molar-refractivity contribution >= 4 is 40.5 Å². The first-order valence-electron chi connectivity index (χ1n) is 9.75. The molecule has 0 aromatic carbocycles. The number of carbonyl (C=O) groups is 2. The molecule has 1 saturated heterocycles. The highest BCUT2D eigenvalue weighted by atomic mass is 32.1. The van der Waals surface area contributed by atoms with Crippen molar-refractivity contribution in [3.63, 3.8) is 0 Å². The number of hydrogen-bond acceptors (Lipinski definition) is 7. The molecule has 1 aliphatic heterocycles. The van der Waals surface area contributed by atoms with E-state index < -0.39 is 0 Å². The van der Waals surface area contributed by atoms with Crippen LogP contribution in [0.3, 0.4) is 0 Å². The Labute approximate surface area is 187 Å². The molecule has 8 nitrogen and oxygen atoms in total. The summed E-state index contributed by atoms with van der Waals surface area (Å²) in [6.45, 7) is 1.14. The van der Waals surface area contributed by atoms with Crippen LogP contribution in [0.5, 0.6) is 0 Å². The third kappa shape index (κ3) is 4.78. The lowest BCUT2D eigenvalue weighted by Gasteiger charge is -2.30. The summed E-state index contributed by atoms with van der Waals surface area (Å²) in [6, 6.07) is 5.81. The molecule has 0 saturated carbocycles. The molecule has 31 heavy (non-hydrogen) atoms. The number of hydrogen-bond donors (Lipinski definition) is 1. The summed E-state index contributed by atoms with van der Waals surface area (Å²) in [5.41, 5.74) is 1.20. The molecule has 0 unspecified atom stereocenters. The number of thiazole rings is 1. The zero-order chi connectivity index (χ0) is 21.8. The summed E-state index contributed by atoms with van der Waals surface area (Å²) >= 11 is 3.07. The average molecular weight is 456 g/mol. The van der Waals surface area contributed by atoms with Crippen molar-refractivity contribution in [3.05, 3.63) is 39.7 Å². The van der Waals surface area contributed by atoms with Crippen molar-refractivity contribution in [2.75, 3.05) is 25.0 Å². The Morgan fingerprint density at radius 3 is 2.87 bits per heavy atom. The largest absolute Gasteiger partial charge is 0.436 e. The summed E-state index contributed by atoms with van der Waals surface area (Å²) in [5.74, 6) is 2.85. The van der Waals surface area contributed by atoms with E-state index in [9.17, 15) is 9.59 Å². The fourth-order valence-electron chi connectivity index (χ4n) is 3.39. The normalized spacial score (nSPS) is 14.3. The molecule has 0 aliphatic carbocycles. The Balaban J connectivity index is 1.36. The van der Waals surface area contributed by atoms with Crippen molar-refractivity contribution in [2.24, 2.45) is 7.05 Å².